The van der Waals surface area contributed by atoms with Crippen LogP contribution in [0.5, 0.6) is 5.75 Å². The third-order valence-corrected chi connectivity index (χ3v) is 10.4. The van der Waals surface area contributed by atoms with E-state index in [2.05, 4.69) is 30.7 Å². The molecule has 56 heavy (non-hydrogen) atoms. The fourth-order valence-corrected chi connectivity index (χ4v) is 7.37. The Bertz CT molecular complexity index is 2040. The summed E-state index contributed by atoms with van der Waals surface area (Å²) >= 11 is 0. The molecule has 2 atom stereocenters. The average Bonchev–Trinajstić information content (AvgIpc) is 3.59. The van der Waals surface area contributed by atoms with Crippen molar-refractivity contribution in [3.63, 3.8) is 0 Å². The van der Waals surface area contributed by atoms with E-state index >= 15 is 0 Å². The first kappa shape index (κ1) is 38.8. The molecule has 14 nitrogen and oxygen atoms in total. The minimum absolute atomic E-state index is 0.111. The van der Waals surface area contributed by atoms with Crippen molar-refractivity contribution in [2.45, 2.75) is 70.0 Å². The molecule has 17 heteroatoms. The molecule has 2 unspecified atom stereocenters. The number of piperazine rings is 1. The highest BCUT2D eigenvalue weighted by Crippen LogP contribution is 2.34. The Labute approximate surface area is 322 Å². The van der Waals surface area contributed by atoms with Gasteiger partial charge in [0.15, 0.2) is 6.23 Å². The van der Waals surface area contributed by atoms with E-state index in [0.717, 1.165) is 49.1 Å². The number of halogens is 3. The molecule has 0 saturated carbocycles. The molecule has 7 rings (SSSR count). The van der Waals surface area contributed by atoms with Crippen LogP contribution in [0, 0.1) is 0 Å². The molecule has 4 aromatic rings. The quantitative estimate of drug-likeness (QED) is 0.127. The van der Waals surface area contributed by atoms with Gasteiger partial charge in [0.25, 0.3) is 0 Å². The maximum absolute atomic E-state index is 13.3. The van der Waals surface area contributed by atoms with E-state index in [4.69, 9.17) is 9.72 Å². The maximum atomic E-state index is 13.3. The number of hydrogen-bond acceptors (Lipinski definition) is 11. The smallest absolute Gasteiger partial charge is 0.433 e. The number of carbonyl (C=O) groups excluding carboxylic acids is 3. The lowest BCUT2D eigenvalue weighted by Crippen LogP contribution is -2.51. The van der Waals surface area contributed by atoms with Crippen molar-refractivity contribution in [3.8, 4) is 5.75 Å². The first-order chi connectivity index (χ1) is 26.8. The van der Waals surface area contributed by atoms with Gasteiger partial charge in [0.2, 0.25) is 17.7 Å². The lowest BCUT2D eigenvalue weighted by molar-refractivity contribution is -0.141. The molecule has 3 aliphatic heterocycles. The summed E-state index contributed by atoms with van der Waals surface area (Å²) in [5.74, 6) is 0.118. The van der Waals surface area contributed by atoms with Gasteiger partial charge in [0.05, 0.1) is 29.7 Å². The number of rotatable bonds is 11. The Hall–Kier alpha value is -5.42. The first-order valence-electron chi connectivity index (χ1n) is 18.9. The highest BCUT2D eigenvalue weighted by molar-refractivity contribution is 6.01. The van der Waals surface area contributed by atoms with Crippen molar-refractivity contribution in [2.24, 2.45) is 0 Å². The van der Waals surface area contributed by atoms with E-state index in [9.17, 15) is 32.7 Å². The van der Waals surface area contributed by atoms with Gasteiger partial charge in [-0.25, -0.2) is 9.97 Å². The van der Waals surface area contributed by atoms with Crippen LogP contribution in [0.4, 0.5) is 30.2 Å². The van der Waals surface area contributed by atoms with E-state index in [0.29, 0.717) is 62.6 Å². The summed E-state index contributed by atoms with van der Waals surface area (Å²) < 4.78 is 47.5. The summed E-state index contributed by atoms with van der Waals surface area (Å²) in [6, 6.07) is 12.5. The molecular weight excluding hydrogens is 731 g/mol. The van der Waals surface area contributed by atoms with Crippen LogP contribution < -0.4 is 25.6 Å². The number of anilines is 3. The minimum atomic E-state index is -4.64. The summed E-state index contributed by atoms with van der Waals surface area (Å²) in [4.78, 5) is 51.7. The van der Waals surface area contributed by atoms with E-state index in [1.807, 2.05) is 49.2 Å². The average molecular weight is 778 g/mol. The van der Waals surface area contributed by atoms with E-state index in [1.54, 1.807) is 16.7 Å². The molecule has 3 saturated heterocycles. The minimum Gasteiger partial charge on any atom is -0.489 e. The van der Waals surface area contributed by atoms with Gasteiger partial charge in [0.1, 0.15) is 23.1 Å². The number of amides is 3. The summed E-state index contributed by atoms with van der Waals surface area (Å²) in [6.07, 6.45) is -0.360. The van der Waals surface area contributed by atoms with E-state index < -0.39 is 24.1 Å². The predicted molar refractivity (Wildman–Crippen MR) is 202 cm³/mol. The highest BCUT2D eigenvalue weighted by Gasteiger charge is 2.33. The zero-order chi connectivity index (χ0) is 39.6. The van der Waals surface area contributed by atoms with E-state index in [-0.39, 0.29) is 35.4 Å². The summed E-state index contributed by atoms with van der Waals surface area (Å²) in [6.45, 7) is 8.21. The number of alkyl halides is 3. The van der Waals surface area contributed by atoms with Crippen LogP contribution in [0.3, 0.4) is 0 Å². The molecule has 0 bridgehead atoms. The van der Waals surface area contributed by atoms with Crippen LogP contribution in [0.2, 0.25) is 0 Å². The number of aromatic nitrogens is 3. The van der Waals surface area contributed by atoms with Crippen molar-refractivity contribution in [2.75, 3.05) is 61.3 Å². The fraction of sp³-hybridized carbons (Fsp3) is 0.462. The molecule has 4 N–H and O–H groups in total. The lowest BCUT2D eigenvalue weighted by atomic mass is 9.94. The number of imide groups is 1. The number of pyridine rings is 2. The second kappa shape index (κ2) is 16.4. The van der Waals surface area contributed by atoms with Crippen molar-refractivity contribution in [1.82, 2.24) is 29.5 Å². The standard InChI is InChI=1S/C39H46F3N9O5/c1-24(2)56-32-20-34-45-30(21-51(34)22-31(32)46-37(54)28-4-3-5-33(44-28)39(40,41)42)25-12-14-48(15-13-25)23-36(53)50-18-16-49(17-19-50)27-8-6-26(7-9-27)43-29-10-11-35(52)47-38(29)55/h3-9,20-22,24-25,29,37,43,46,54H,10-19,23H2,1-2H3,(H,47,52,55). The van der Waals surface area contributed by atoms with Crippen molar-refractivity contribution in [1.29, 1.82) is 0 Å². The number of benzene rings is 1. The van der Waals surface area contributed by atoms with Gasteiger partial charge in [0, 0.05) is 68.4 Å². The number of likely N-dealkylation sites (tertiary alicyclic amines) is 1. The number of carbonyl (C=O) groups is 3. The van der Waals surface area contributed by atoms with Gasteiger partial charge in [-0.05, 0) is 82.6 Å². The number of aliphatic hydroxyl groups excluding tert-OH is 1. The molecular formula is C39H46F3N9O5. The Morgan fingerprint density at radius 2 is 1.71 bits per heavy atom. The van der Waals surface area contributed by atoms with E-state index in [1.165, 1.54) is 12.1 Å². The zero-order valence-corrected chi connectivity index (χ0v) is 31.3. The number of aliphatic hydroxyl groups is 1. The molecule has 1 aromatic carbocycles. The van der Waals surface area contributed by atoms with Crippen molar-refractivity contribution >= 4 is 40.4 Å². The molecule has 3 aromatic heterocycles. The normalized spacial score (nSPS) is 19.3. The maximum Gasteiger partial charge on any atom is 0.433 e. The molecule has 3 amide bonds. The zero-order valence-electron chi connectivity index (χ0n) is 31.3. The Balaban J connectivity index is 0.905. The van der Waals surface area contributed by atoms with Gasteiger partial charge in [-0.1, -0.05) is 6.07 Å². The summed E-state index contributed by atoms with van der Waals surface area (Å²) in [7, 11) is 0. The second-order valence-electron chi connectivity index (χ2n) is 14.8. The second-order valence-corrected chi connectivity index (χ2v) is 14.8. The fourth-order valence-electron chi connectivity index (χ4n) is 7.37. The molecule has 0 radical (unpaired) electrons. The molecule has 0 spiro atoms. The van der Waals surface area contributed by atoms with Crippen LogP contribution in [0.15, 0.2) is 60.9 Å². The first-order valence-corrected chi connectivity index (χ1v) is 18.9. The Kier molecular flexibility index (Phi) is 11.3. The SMILES string of the molecule is CC(C)Oc1cc2nc(C3CCN(CC(=O)N4CCN(c5ccc(NC6CCC(=O)NC6=O)cc5)CC4)CC3)cn2cc1NC(O)c1cccc(C(F)(F)F)n1. The van der Waals surface area contributed by atoms with Gasteiger partial charge in [-0.15, -0.1) is 0 Å². The van der Waals surface area contributed by atoms with Crippen LogP contribution in [-0.2, 0) is 20.6 Å². The molecule has 0 aliphatic carbocycles. The van der Waals surface area contributed by atoms with Crippen LogP contribution in [0.1, 0.15) is 68.8 Å². The number of piperidine rings is 2. The van der Waals surface area contributed by atoms with Crippen LogP contribution in [-0.4, -0.2) is 105 Å². The number of ether oxygens (including phenoxy) is 1. The van der Waals surface area contributed by atoms with Gasteiger partial charge < -0.3 is 34.7 Å². The Morgan fingerprint density at radius 3 is 2.39 bits per heavy atom. The van der Waals surface area contributed by atoms with Crippen LogP contribution in [0.25, 0.3) is 5.65 Å². The van der Waals surface area contributed by atoms with Crippen molar-refractivity contribution in [3.05, 3.63) is 78.0 Å². The summed E-state index contributed by atoms with van der Waals surface area (Å²) in [5.41, 5.74) is 2.46. The molecule has 3 aliphatic rings. The number of nitrogens with one attached hydrogen (secondary N) is 3. The van der Waals surface area contributed by atoms with Gasteiger partial charge in [-0.3, -0.25) is 24.6 Å². The molecule has 6 heterocycles. The lowest BCUT2D eigenvalue weighted by Gasteiger charge is -2.38. The van der Waals surface area contributed by atoms with Crippen LogP contribution >= 0.6 is 0 Å². The third-order valence-electron chi connectivity index (χ3n) is 10.4. The molecule has 298 valence electrons. The third kappa shape index (κ3) is 9.16. The predicted octanol–water partition coefficient (Wildman–Crippen LogP) is 4.38. The topological polar surface area (TPSA) is 157 Å². The number of imidazole rings is 1. The number of fused-ring (bicyclic) bond motifs is 1. The Morgan fingerprint density at radius 1 is 0.982 bits per heavy atom. The largest absolute Gasteiger partial charge is 0.489 e. The van der Waals surface area contributed by atoms with Gasteiger partial charge >= 0.3 is 6.18 Å². The van der Waals surface area contributed by atoms with Gasteiger partial charge in [-0.2, -0.15) is 13.2 Å². The van der Waals surface area contributed by atoms with Crippen molar-refractivity contribution < 1.29 is 37.4 Å². The molecule has 3 fully saturated rings. The highest BCUT2D eigenvalue weighted by atomic mass is 19.4. The summed E-state index contributed by atoms with van der Waals surface area (Å²) in [5, 5.41) is 19.2. The number of hydrogen-bond donors (Lipinski definition) is 4. The number of nitrogens with zero attached hydrogens (tertiary/aromatic N) is 6. The monoisotopic (exact) mass is 777 g/mol.